The Hall–Kier alpha value is -0.870. The highest BCUT2D eigenvalue weighted by Crippen LogP contribution is 2.37. The van der Waals surface area contributed by atoms with Gasteiger partial charge in [-0.25, -0.2) is 4.98 Å². The van der Waals surface area contributed by atoms with E-state index in [-0.39, 0.29) is 0 Å². The summed E-state index contributed by atoms with van der Waals surface area (Å²) in [4.78, 5) is 6.88. The van der Waals surface area contributed by atoms with Gasteiger partial charge in [-0.1, -0.05) is 0 Å². The molecule has 2 aliphatic rings. The second kappa shape index (κ2) is 5.86. The number of rotatable bonds is 5. The van der Waals surface area contributed by atoms with Crippen LogP contribution in [0, 0.1) is 5.92 Å². The van der Waals surface area contributed by atoms with Gasteiger partial charge in [-0.05, 0) is 59.0 Å². The van der Waals surface area contributed by atoms with Gasteiger partial charge in [0.1, 0.15) is 0 Å². The van der Waals surface area contributed by atoms with Crippen molar-refractivity contribution in [3.8, 4) is 0 Å². The fourth-order valence-electron chi connectivity index (χ4n) is 4.03. The highest BCUT2D eigenvalue weighted by Gasteiger charge is 2.37. The third-order valence-corrected chi connectivity index (χ3v) is 5.24. The van der Waals surface area contributed by atoms with Crippen LogP contribution in [-0.4, -0.2) is 40.1 Å². The third kappa shape index (κ3) is 2.77. The second-order valence-corrected chi connectivity index (χ2v) is 6.90. The molecule has 0 spiro atoms. The standard InChI is InChI=1S/C16H28N4/c1-12(2)20-11-18-10-16(20)9-17-8-13-6-14-4-5-15(7-13)19(14)3/h10-15,17H,4-9H2,1-3H3. The Morgan fingerprint density at radius 2 is 2.00 bits per heavy atom. The molecule has 4 nitrogen and oxygen atoms in total. The maximum Gasteiger partial charge on any atom is 0.0951 e. The van der Waals surface area contributed by atoms with Crippen LogP contribution in [0.2, 0.25) is 0 Å². The maximum absolute atomic E-state index is 4.27. The van der Waals surface area contributed by atoms with E-state index in [2.05, 4.69) is 40.7 Å². The lowest BCUT2D eigenvalue weighted by atomic mass is 9.91. The third-order valence-electron chi connectivity index (χ3n) is 5.24. The fraction of sp³-hybridized carbons (Fsp3) is 0.812. The number of fused-ring (bicyclic) bond motifs is 2. The van der Waals surface area contributed by atoms with Crippen LogP contribution in [0.15, 0.2) is 12.5 Å². The van der Waals surface area contributed by atoms with Crippen molar-refractivity contribution in [1.82, 2.24) is 19.8 Å². The minimum Gasteiger partial charge on any atom is -0.331 e. The molecule has 2 unspecified atom stereocenters. The van der Waals surface area contributed by atoms with E-state index >= 15 is 0 Å². The number of nitrogens with zero attached hydrogens (tertiary/aromatic N) is 3. The maximum atomic E-state index is 4.27. The molecule has 2 aliphatic heterocycles. The number of nitrogens with one attached hydrogen (secondary N) is 1. The van der Waals surface area contributed by atoms with Gasteiger partial charge in [0, 0.05) is 30.9 Å². The van der Waals surface area contributed by atoms with Crippen molar-refractivity contribution in [3.05, 3.63) is 18.2 Å². The zero-order valence-corrected chi connectivity index (χ0v) is 13.0. The Morgan fingerprint density at radius 1 is 1.30 bits per heavy atom. The van der Waals surface area contributed by atoms with Crippen molar-refractivity contribution >= 4 is 0 Å². The van der Waals surface area contributed by atoms with Gasteiger partial charge in [-0.3, -0.25) is 0 Å². The van der Waals surface area contributed by atoms with E-state index in [1.165, 1.54) is 31.4 Å². The zero-order chi connectivity index (χ0) is 14.1. The summed E-state index contributed by atoms with van der Waals surface area (Å²) in [5.74, 6) is 0.860. The molecule has 112 valence electrons. The van der Waals surface area contributed by atoms with Gasteiger partial charge in [-0.2, -0.15) is 0 Å². The molecule has 0 aliphatic carbocycles. The lowest BCUT2D eigenvalue weighted by molar-refractivity contribution is 0.132. The second-order valence-electron chi connectivity index (χ2n) is 6.90. The minimum absolute atomic E-state index is 0.494. The van der Waals surface area contributed by atoms with Gasteiger partial charge in [0.15, 0.2) is 0 Å². The summed E-state index contributed by atoms with van der Waals surface area (Å²) in [5, 5.41) is 3.66. The summed E-state index contributed by atoms with van der Waals surface area (Å²) in [7, 11) is 2.31. The van der Waals surface area contributed by atoms with E-state index in [0.29, 0.717) is 6.04 Å². The summed E-state index contributed by atoms with van der Waals surface area (Å²) in [5.41, 5.74) is 1.30. The van der Waals surface area contributed by atoms with Gasteiger partial charge in [0.25, 0.3) is 0 Å². The molecule has 0 aromatic carbocycles. The molecule has 1 N–H and O–H groups in total. The van der Waals surface area contributed by atoms with Crippen LogP contribution in [0.1, 0.15) is 51.3 Å². The number of hydrogen-bond donors (Lipinski definition) is 1. The molecule has 2 saturated heterocycles. The van der Waals surface area contributed by atoms with Gasteiger partial charge in [0.05, 0.1) is 12.0 Å². The van der Waals surface area contributed by atoms with Crippen LogP contribution >= 0.6 is 0 Å². The Kier molecular flexibility index (Phi) is 4.13. The van der Waals surface area contributed by atoms with Gasteiger partial charge in [0.2, 0.25) is 0 Å². The lowest BCUT2D eigenvalue weighted by Crippen LogP contribution is -2.42. The summed E-state index contributed by atoms with van der Waals surface area (Å²) < 4.78 is 2.26. The van der Waals surface area contributed by atoms with Gasteiger partial charge in [-0.15, -0.1) is 0 Å². The Bertz CT molecular complexity index is 425. The van der Waals surface area contributed by atoms with E-state index in [0.717, 1.165) is 31.1 Å². The molecular weight excluding hydrogens is 248 g/mol. The molecule has 2 atom stereocenters. The first-order valence-electron chi connectivity index (χ1n) is 8.08. The average Bonchev–Trinajstić information content (AvgIpc) is 2.93. The van der Waals surface area contributed by atoms with Crippen molar-refractivity contribution in [2.75, 3.05) is 13.6 Å². The Labute approximate surface area is 122 Å². The SMILES string of the molecule is CC(C)n1cncc1CNCC1CC2CCC(C1)N2C. The van der Waals surface area contributed by atoms with Crippen LogP contribution in [0.25, 0.3) is 0 Å². The predicted molar refractivity (Wildman–Crippen MR) is 81.6 cm³/mol. The van der Waals surface area contributed by atoms with Crippen LogP contribution in [-0.2, 0) is 6.54 Å². The van der Waals surface area contributed by atoms with Crippen LogP contribution in [0.3, 0.4) is 0 Å². The van der Waals surface area contributed by atoms with Crippen molar-refractivity contribution in [2.45, 2.75) is 64.2 Å². The molecule has 20 heavy (non-hydrogen) atoms. The van der Waals surface area contributed by atoms with Crippen molar-refractivity contribution in [2.24, 2.45) is 5.92 Å². The Balaban J connectivity index is 1.48. The zero-order valence-electron chi connectivity index (χ0n) is 13.0. The normalized spacial score (nSPS) is 30.3. The minimum atomic E-state index is 0.494. The number of aromatic nitrogens is 2. The number of imidazole rings is 1. The van der Waals surface area contributed by atoms with Crippen molar-refractivity contribution < 1.29 is 0 Å². The van der Waals surface area contributed by atoms with E-state index in [4.69, 9.17) is 0 Å². The van der Waals surface area contributed by atoms with Crippen LogP contribution < -0.4 is 5.32 Å². The first kappa shape index (κ1) is 14.1. The van der Waals surface area contributed by atoms with E-state index in [1.54, 1.807) is 0 Å². The predicted octanol–water partition coefficient (Wildman–Crippen LogP) is 2.43. The summed E-state index contributed by atoms with van der Waals surface area (Å²) in [6.07, 6.45) is 9.52. The highest BCUT2D eigenvalue weighted by atomic mass is 15.2. The molecule has 3 rings (SSSR count). The Morgan fingerprint density at radius 3 is 2.65 bits per heavy atom. The first-order valence-corrected chi connectivity index (χ1v) is 8.08. The molecular formula is C16H28N4. The molecule has 2 bridgehead atoms. The smallest absolute Gasteiger partial charge is 0.0951 e. The van der Waals surface area contributed by atoms with Gasteiger partial charge < -0.3 is 14.8 Å². The summed E-state index contributed by atoms with van der Waals surface area (Å²) in [6, 6.07) is 2.19. The van der Waals surface area contributed by atoms with Crippen LogP contribution in [0.4, 0.5) is 0 Å². The number of piperidine rings is 1. The number of hydrogen-bond acceptors (Lipinski definition) is 3. The molecule has 2 fully saturated rings. The molecule has 0 amide bonds. The van der Waals surface area contributed by atoms with E-state index < -0.39 is 0 Å². The molecule has 1 aromatic rings. The van der Waals surface area contributed by atoms with E-state index in [1.807, 2.05) is 12.5 Å². The lowest BCUT2D eigenvalue weighted by Gasteiger charge is -2.36. The van der Waals surface area contributed by atoms with Gasteiger partial charge >= 0.3 is 0 Å². The van der Waals surface area contributed by atoms with Crippen molar-refractivity contribution in [1.29, 1.82) is 0 Å². The molecule has 4 heteroatoms. The summed E-state index contributed by atoms with van der Waals surface area (Å²) >= 11 is 0. The fourth-order valence-corrected chi connectivity index (χ4v) is 4.03. The average molecular weight is 276 g/mol. The van der Waals surface area contributed by atoms with Crippen molar-refractivity contribution in [3.63, 3.8) is 0 Å². The molecule has 1 aromatic heterocycles. The molecule has 0 saturated carbocycles. The highest BCUT2D eigenvalue weighted by molar-refractivity contribution is 5.00. The quantitative estimate of drug-likeness (QED) is 0.896. The van der Waals surface area contributed by atoms with Crippen LogP contribution in [0.5, 0.6) is 0 Å². The largest absolute Gasteiger partial charge is 0.331 e. The van der Waals surface area contributed by atoms with E-state index in [9.17, 15) is 0 Å². The molecule has 0 radical (unpaired) electrons. The summed E-state index contributed by atoms with van der Waals surface area (Å²) in [6.45, 7) is 6.52. The first-order chi connectivity index (χ1) is 9.65. The molecule has 3 heterocycles. The monoisotopic (exact) mass is 276 g/mol. The topological polar surface area (TPSA) is 33.1 Å².